The lowest BCUT2D eigenvalue weighted by Crippen LogP contribution is -2.42. The van der Waals surface area contributed by atoms with E-state index >= 15 is 0 Å². The quantitative estimate of drug-likeness (QED) is 0.454. The van der Waals surface area contributed by atoms with Crippen LogP contribution in [0.2, 0.25) is 0 Å². The molecule has 0 saturated heterocycles. The van der Waals surface area contributed by atoms with Crippen LogP contribution in [0.15, 0.2) is 0 Å². The zero-order chi connectivity index (χ0) is 15.8. The first-order valence-corrected chi connectivity index (χ1v) is 8.45. The van der Waals surface area contributed by atoms with E-state index < -0.39 is 28.7 Å². The lowest BCUT2D eigenvalue weighted by Gasteiger charge is -2.24. The van der Waals surface area contributed by atoms with Crippen molar-refractivity contribution in [3.8, 4) is 0 Å². The molecule has 9 heteroatoms. The topological polar surface area (TPSA) is 46.6 Å². The number of hydrogen-bond acceptors (Lipinski definition) is 3. The molecule has 0 fully saturated rings. The standard InChI is InChI=1S/C11H21ClF3NO3S/c1-3-19-6-4-5-16(9-11(13,14)15)20(17,18)8-10(2)7-12/h10H,3-9H2,1-2H3. The van der Waals surface area contributed by atoms with Gasteiger partial charge in [0, 0.05) is 25.6 Å². The lowest BCUT2D eigenvalue weighted by atomic mass is 10.3. The van der Waals surface area contributed by atoms with Gasteiger partial charge in [-0.25, -0.2) is 8.42 Å². The maximum Gasteiger partial charge on any atom is 0.402 e. The number of alkyl halides is 4. The summed E-state index contributed by atoms with van der Waals surface area (Å²) in [6, 6.07) is 0. The molecule has 1 unspecified atom stereocenters. The lowest BCUT2D eigenvalue weighted by molar-refractivity contribution is -0.136. The third-order valence-electron chi connectivity index (χ3n) is 2.41. The third-order valence-corrected chi connectivity index (χ3v) is 5.02. The Hall–Kier alpha value is -0.0500. The second-order valence-corrected chi connectivity index (χ2v) is 6.86. The molecule has 20 heavy (non-hydrogen) atoms. The summed E-state index contributed by atoms with van der Waals surface area (Å²) in [7, 11) is -3.98. The van der Waals surface area contributed by atoms with Crippen molar-refractivity contribution in [2.45, 2.75) is 26.4 Å². The first-order valence-electron chi connectivity index (χ1n) is 6.30. The van der Waals surface area contributed by atoms with Crippen LogP contribution in [0.3, 0.4) is 0 Å². The van der Waals surface area contributed by atoms with E-state index in [1.165, 1.54) is 0 Å². The van der Waals surface area contributed by atoms with Crippen molar-refractivity contribution < 1.29 is 26.3 Å². The van der Waals surface area contributed by atoms with Gasteiger partial charge in [0.05, 0.1) is 5.75 Å². The molecule has 0 N–H and O–H groups in total. The van der Waals surface area contributed by atoms with Gasteiger partial charge >= 0.3 is 6.18 Å². The molecular formula is C11H21ClF3NO3S. The van der Waals surface area contributed by atoms with Gasteiger partial charge in [-0.2, -0.15) is 17.5 Å². The minimum Gasteiger partial charge on any atom is -0.382 e. The van der Waals surface area contributed by atoms with Crippen LogP contribution in [0.5, 0.6) is 0 Å². The molecule has 0 spiro atoms. The van der Waals surface area contributed by atoms with E-state index in [0.29, 0.717) is 10.9 Å². The molecule has 0 aromatic heterocycles. The summed E-state index contributed by atoms with van der Waals surface area (Å²) < 4.78 is 66.8. The minimum absolute atomic E-state index is 0.0814. The molecule has 0 aliphatic rings. The second kappa shape index (κ2) is 9.07. The molecule has 4 nitrogen and oxygen atoms in total. The van der Waals surface area contributed by atoms with E-state index in [2.05, 4.69) is 0 Å². The zero-order valence-electron chi connectivity index (χ0n) is 11.6. The molecule has 0 aromatic rings. The van der Waals surface area contributed by atoms with Gasteiger partial charge in [-0.3, -0.25) is 0 Å². The Kier molecular flexibility index (Phi) is 9.04. The van der Waals surface area contributed by atoms with Gasteiger partial charge in [0.15, 0.2) is 0 Å². The van der Waals surface area contributed by atoms with Crippen LogP contribution in [0.4, 0.5) is 13.2 Å². The first-order chi connectivity index (χ1) is 9.12. The van der Waals surface area contributed by atoms with Crippen LogP contribution >= 0.6 is 11.6 Å². The second-order valence-electron chi connectivity index (χ2n) is 4.54. The van der Waals surface area contributed by atoms with Crippen LogP contribution in [-0.4, -0.2) is 56.8 Å². The Bertz CT molecular complexity index is 362. The monoisotopic (exact) mass is 339 g/mol. The van der Waals surface area contributed by atoms with E-state index in [1.807, 2.05) is 0 Å². The first kappa shape index (κ1) is 19.9. The summed E-state index contributed by atoms with van der Waals surface area (Å²) in [5.74, 6) is -0.705. The van der Waals surface area contributed by atoms with Crippen LogP contribution < -0.4 is 0 Å². The van der Waals surface area contributed by atoms with Crippen LogP contribution in [0.1, 0.15) is 20.3 Å². The molecule has 0 bridgehead atoms. The van der Waals surface area contributed by atoms with Crippen molar-refractivity contribution in [1.82, 2.24) is 4.31 Å². The van der Waals surface area contributed by atoms with E-state index in [9.17, 15) is 21.6 Å². The Morgan fingerprint density at radius 3 is 2.40 bits per heavy atom. The SMILES string of the molecule is CCOCCCN(CC(F)(F)F)S(=O)(=O)CC(C)CCl. The molecule has 122 valence electrons. The molecule has 0 aliphatic carbocycles. The zero-order valence-corrected chi connectivity index (χ0v) is 13.2. The fraction of sp³-hybridized carbons (Fsp3) is 1.00. The third kappa shape index (κ3) is 8.99. The fourth-order valence-electron chi connectivity index (χ4n) is 1.51. The Morgan fingerprint density at radius 1 is 1.35 bits per heavy atom. The molecule has 0 aliphatic heterocycles. The predicted octanol–water partition coefficient (Wildman–Crippen LogP) is 2.48. The van der Waals surface area contributed by atoms with Crippen molar-refractivity contribution in [3.63, 3.8) is 0 Å². The Morgan fingerprint density at radius 2 is 1.95 bits per heavy atom. The van der Waals surface area contributed by atoms with E-state index in [0.717, 1.165) is 0 Å². The largest absolute Gasteiger partial charge is 0.402 e. The van der Waals surface area contributed by atoms with Crippen LogP contribution in [-0.2, 0) is 14.8 Å². The molecule has 0 amide bonds. The van der Waals surface area contributed by atoms with Gasteiger partial charge in [-0.1, -0.05) is 6.92 Å². The van der Waals surface area contributed by atoms with Crippen molar-refractivity contribution in [3.05, 3.63) is 0 Å². The summed E-state index contributed by atoms with van der Waals surface area (Å²) in [5, 5.41) is 0. The average Bonchev–Trinajstić information content (AvgIpc) is 2.30. The minimum atomic E-state index is -4.57. The van der Waals surface area contributed by atoms with Crippen molar-refractivity contribution in [2.24, 2.45) is 5.92 Å². The van der Waals surface area contributed by atoms with Gasteiger partial charge in [0.1, 0.15) is 6.54 Å². The molecule has 0 heterocycles. The number of nitrogens with zero attached hydrogens (tertiary/aromatic N) is 1. The smallest absolute Gasteiger partial charge is 0.382 e. The average molecular weight is 340 g/mol. The Balaban J connectivity index is 4.73. The number of hydrogen-bond donors (Lipinski definition) is 0. The van der Waals surface area contributed by atoms with E-state index in [1.54, 1.807) is 13.8 Å². The maximum atomic E-state index is 12.5. The van der Waals surface area contributed by atoms with Crippen molar-refractivity contribution in [2.75, 3.05) is 37.9 Å². The Labute approximate surface area is 123 Å². The van der Waals surface area contributed by atoms with Crippen molar-refractivity contribution >= 4 is 21.6 Å². The predicted molar refractivity (Wildman–Crippen MR) is 72.4 cm³/mol. The summed E-state index contributed by atoms with van der Waals surface area (Å²) in [4.78, 5) is 0. The highest BCUT2D eigenvalue weighted by Crippen LogP contribution is 2.20. The summed E-state index contributed by atoms with van der Waals surface area (Å²) in [6.45, 7) is 2.32. The van der Waals surface area contributed by atoms with Crippen molar-refractivity contribution in [1.29, 1.82) is 0 Å². The molecule has 0 saturated carbocycles. The van der Waals surface area contributed by atoms with Gasteiger partial charge < -0.3 is 4.74 Å². The number of sulfonamides is 1. The highest BCUT2D eigenvalue weighted by molar-refractivity contribution is 7.89. The molecule has 0 radical (unpaired) electrons. The molecular weight excluding hydrogens is 319 g/mol. The van der Waals surface area contributed by atoms with Gasteiger partial charge in [0.25, 0.3) is 0 Å². The van der Waals surface area contributed by atoms with Crippen LogP contribution in [0.25, 0.3) is 0 Å². The van der Waals surface area contributed by atoms with Gasteiger partial charge in [0.2, 0.25) is 10.0 Å². The molecule has 0 aromatic carbocycles. The normalized spacial score (nSPS) is 14.8. The maximum absolute atomic E-state index is 12.5. The summed E-state index contributed by atoms with van der Waals surface area (Å²) >= 11 is 5.52. The van der Waals surface area contributed by atoms with E-state index in [4.69, 9.17) is 16.3 Å². The number of rotatable bonds is 10. The molecule has 1 atom stereocenters. The fourth-order valence-corrected chi connectivity index (χ4v) is 3.55. The summed E-state index contributed by atoms with van der Waals surface area (Å²) in [6.07, 6.45) is -4.35. The number of halogens is 4. The van der Waals surface area contributed by atoms with E-state index in [-0.39, 0.29) is 31.2 Å². The van der Waals surface area contributed by atoms with Gasteiger partial charge in [-0.05, 0) is 19.3 Å². The highest BCUT2D eigenvalue weighted by Gasteiger charge is 2.36. The molecule has 0 rings (SSSR count). The van der Waals surface area contributed by atoms with Gasteiger partial charge in [-0.15, -0.1) is 11.6 Å². The summed E-state index contributed by atoms with van der Waals surface area (Å²) in [5.41, 5.74) is 0. The van der Waals surface area contributed by atoms with Crippen LogP contribution in [0, 0.1) is 5.92 Å². The highest BCUT2D eigenvalue weighted by atomic mass is 35.5. The number of ether oxygens (including phenoxy) is 1.